The molecule has 1 unspecified atom stereocenters. The van der Waals surface area contributed by atoms with E-state index >= 15 is 0 Å². The van der Waals surface area contributed by atoms with Gasteiger partial charge in [0.05, 0.1) is 23.1 Å². The number of aryl methyl sites for hydroxylation is 3. The number of thioether (sulfide) groups is 1. The van der Waals surface area contributed by atoms with E-state index in [1.54, 1.807) is 18.4 Å². The van der Waals surface area contributed by atoms with E-state index in [1.165, 1.54) is 5.56 Å². The average molecular weight is 483 g/mol. The first-order valence-corrected chi connectivity index (χ1v) is 12.6. The molecule has 2 aromatic carbocycles. The van der Waals surface area contributed by atoms with Gasteiger partial charge in [0.1, 0.15) is 6.61 Å². The summed E-state index contributed by atoms with van der Waals surface area (Å²) in [6.07, 6.45) is 4.17. The van der Waals surface area contributed by atoms with E-state index in [4.69, 9.17) is 14.5 Å². The van der Waals surface area contributed by atoms with Crippen LogP contribution in [0.4, 0.5) is 4.79 Å². The van der Waals surface area contributed by atoms with Gasteiger partial charge in [-0.25, -0.2) is 4.98 Å². The van der Waals surface area contributed by atoms with Gasteiger partial charge in [-0.15, -0.1) is 11.3 Å². The molecule has 6 nitrogen and oxygen atoms in total. The van der Waals surface area contributed by atoms with Gasteiger partial charge < -0.3 is 9.47 Å². The molecule has 1 N–H and O–H groups in total. The van der Waals surface area contributed by atoms with Crippen LogP contribution in [-0.2, 0) is 30.7 Å². The fraction of sp³-hybridized carbons (Fsp3) is 0.320. The number of nitrogens with zero attached hydrogens (tertiary/aromatic N) is 1. The van der Waals surface area contributed by atoms with Crippen molar-refractivity contribution in [3.63, 3.8) is 0 Å². The third-order valence-corrected chi connectivity index (χ3v) is 7.38. The van der Waals surface area contributed by atoms with Crippen molar-refractivity contribution >= 4 is 34.2 Å². The van der Waals surface area contributed by atoms with Gasteiger partial charge in [0.25, 0.3) is 5.24 Å². The molecule has 2 amide bonds. The molecular formula is C25H26N2O4S2. The molecule has 2 heterocycles. The Morgan fingerprint density at radius 1 is 1.00 bits per heavy atom. The summed E-state index contributed by atoms with van der Waals surface area (Å²) in [5, 5.41) is 4.95. The third-order valence-electron chi connectivity index (χ3n) is 5.37. The van der Waals surface area contributed by atoms with Crippen LogP contribution in [0.1, 0.15) is 34.7 Å². The minimum atomic E-state index is -0.280. The van der Waals surface area contributed by atoms with Crippen molar-refractivity contribution in [2.45, 2.75) is 44.0 Å². The molecular weight excluding hydrogens is 456 g/mol. The monoisotopic (exact) mass is 482 g/mol. The molecule has 1 aliphatic heterocycles. The maximum Gasteiger partial charge on any atom is 0.286 e. The van der Waals surface area contributed by atoms with Gasteiger partial charge in [-0.05, 0) is 48.9 Å². The maximum atomic E-state index is 11.7. The van der Waals surface area contributed by atoms with E-state index < -0.39 is 0 Å². The number of hydrogen-bond acceptors (Lipinski definition) is 7. The van der Waals surface area contributed by atoms with Crippen LogP contribution in [0.15, 0.2) is 53.9 Å². The Bertz CT molecular complexity index is 1100. The number of aromatic nitrogens is 1. The summed E-state index contributed by atoms with van der Waals surface area (Å²) in [6, 6.07) is 16.3. The zero-order valence-electron chi connectivity index (χ0n) is 18.4. The van der Waals surface area contributed by atoms with E-state index in [1.807, 2.05) is 29.6 Å². The minimum Gasteiger partial charge on any atom is -0.493 e. The predicted molar refractivity (Wildman–Crippen MR) is 131 cm³/mol. The third kappa shape index (κ3) is 6.58. The van der Waals surface area contributed by atoms with Gasteiger partial charge in [-0.1, -0.05) is 48.2 Å². The lowest BCUT2D eigenvalue weighted by atomic mass is 10.1. The van der Waals surface area contributed by atoms with E-state index in [0.717, 1.165) is 53.7 Å². The summed E-state index contributed by atoms with van der Waals surface area (Å²) in [6.45, 7) is 0.388. The lowest BCUT2D eigenvalue weighted by Crippen LogP contribution is -2.24. The first-order chi connectivity index (χ1) is 16.1. The Labute approximate surface area is 201 Å². The zero-order valence-corrected chi connectivity index (χ0v) is 20.0. The molecule has 33 heavy (non-hydrogen) atoms. The number of nitrogens with one attached hydrogen (secondary N) is 1. The fourth-order valence-electron chi connectivity index (χ4n) is 3.64. The second-order valence-corrected chi connectivity index (χ2v) is 9.89. The standard InChI is InChI=1S/C25H26N2O4S2/c1-30-21-14-18(8-5-9-22-24(28)27-25(29)33-22)10-12-20(21)31-15-19-16-32-23(26-19)13-11-17-6-3-2-4-7-17/h2-4,6-7,10,12,14,16,22H,5,8-9,11,13,15H2,1H3,(H,27,28,29). The van der Waals surface area contributed by atoms with Crippen molar-refractivity contribution in [3.8, 4) is 11.5 Å². The lowest BCUT2D eigenvalue weighted by molar-refractivity contribution is -0.119. The van der Waals surface area contributed by atoms with Crippen LogP contribution >= 0.6 is 23.1 Å². The Balaban J connectivity index is 1.26. The number of amides is 2. The van der Waals surface area contributed by atoms with Gasteiger partial charge in [0.15, 0.2) is 11.5 Å². The molecule has 0 radical (unpaired) electrons. The normalized spacial score (nSPS) is 15.5. The molecule has 172 valence electrons. The van der Waals surface area contributed by atoms with E-state index in [2.05, 4.69) is 29.6 Å². The van der Waals surface area contributed by atoms with E-state index in [-0.39, 0.29) is 16.4 Å². The highest BCUT2D eigenvalue weighted by molar-refractivity contribution is 8.15. The molecule has 8 heteroatoms. The molecule has 0 bridgehead atoms. The molecule has 1 aliphatic rings. The van der Waals surface area contributed by atoms with Crippen LogP contribution in [0.2, 0.25) is 0 Å². The van der Waals surface area contributed by atoms with Crippen LogP contribution in [-0.4, -0.2) is 28.5 Å². The number of ether oxygens (including phenoxy) is 2. The van der Waals surface area contributed by atoms with E-state index in [9.17, 15) is 9.59 Å². The van der Waals surface area contributed by atoms with Gasteiger partial charge >= 0.3 is 0 Å². The summed E-state index contributed by atoms with van der Waals surface area (Å²) in [4.78, 5) is 27.6. The first-order valence-electron chi connectivity index (χ1n) is 10.9. The number of benzene rings is 2. The van der Waals surface area contributed by atoms with Gasteiger partial charge in [0.2, 0.25) is 5.91 Å². The highest BCUT2D eigenvalue weighted by Crippen LogP contribution is 2.30. The highest BCUT2D eigenvalue weighted by Gasteiger charge is 2.30. The summed E-state index contributed by atoms with van der Waals surface area (Å²) in [5.74, 6) is 1.17. The summed E-state index contributed by atoms with van der Waals surface area (Å²) < 4.78 is 11.5. The van der Waals surface area contributed by atoms with Crippen molar-refractivity contribution in [3.05, 3.63) is 75.7 Å². The second-order valence-electron chi connectivity index (χ2n) is 7.77. The largest absolute Gasteiger partial charge is 0.493 e. The molecule has 4 rings (SSSR count). The number of carbonyl (C=O) groups excluding carboxylic acids is 2. The number of rotatable bonds is 11. The van der Waals surface area contributed by atoms with Crippen molar-refractivity contribution in [1.29, 1.82) is 0 Å². The van der Waals surface area contributed by atoms with Crippen molar-refractivity contribution < 1.29 is 19.1 Å². The molecule has 0 saturated carbocycles. The molecule has 3 aromatic rings. The Morgan fingerprint density at radius 3 is 2.61 bits per heavy atom. The van der Waals surface area contributed by atoms with Crippen LogP contribution in [0.3, 0.4) is 0 Å². The maximum absolute atomic E-state index is 11.7. The summed E-state index contributed by atoms with van der Waals surface area (Å²) >= 11 is 2.74. The smallest absolute Gasteiger partial charge is 0.286 e. The molecule has 1 saturated heterocycles. The number of imide groups is 1. The molecule has 1 atom stereocenters. The fourth-order valence-corrected chi connectivity index (χ4v) is 5.29. The van der Waals surface area contributed by atoms with Gasteiger partial charge in [0, 0.05) is 11.8 Å². The highest BCUT2D eigenvalue weighted by atomic mass is 32.2. The van der Waals surface area contributed by atoms with Crippen LogP contribution in [0.5, 0.6) is 11.5 Å². The van der Waals surface area contributed by atoms with Gasteiger partial charge in [-0.3, -0.25) is 14.9 Å². The lowest BCUT2D eigenvalue weighted by Gasteiger charge is -2.12. The van der Waals surface area contributed by atoms with Crippen LogP contribution in [0, 0.1) is 0 Å². The Morgan fingerprint density at radius 2 is 1.85 bits per heavy atom. The number of carbonyl (C=O) groups is 2. The number of thiazole rings is 1. The zero-order chi connectivity index (χ0) is 23.0. The second kappa shape index (κ2) is 11.3. The minimum absolute atomic E-state index is 0.184. The predicted octanol–water partition coefficient (Wildman–Crippen LogP) is 5.19. The van der Waals surface area contributed by atoms with Crippen LogP contribution < -0.4 is 14.8 Å². The molecule has 0 spiro atoms. The Hall–Kier alpha value is -2.84. The Kier molecular flexibility index (Phi) is 8.01. The number of hydrogen-bond donors (Lipinski definition) is 1. The number of methoxy groups -OCH3 is 1. The van der Waals surface area contributed by atoms with Crippen molar-refractivity contribution in [2.24, 2.45) is 0 Å². The molecule has 1 aromatic heterocycles. The van der Waals surface area contributed by atoms with Gasteiger partial charge in [-0.2, -0.15) is 0 Å². The van der Waals surface area contributed by atoms with Crippen molar-refractivity contribution in [2.75, 3.05) is 7.11 Å². The first kappa shape index (κ1) is 23.3. The average Bonchev–Trinajstić information content (AvgIpc) is 3.42. The van der Waals surface area contributed by atoms with Crippen molar-refractivity contribution in [1.82, 2.24) is 10.3 Å². The summed E-state index contributed by atoms with van der Waals surface area (Å²) in [7, 11) is 1.63. The topological polar surface area (TPSA) is 77.5 Å². The molecule has 0 aliphatic carbocycles. The summed E-state index contributed by atoms with van der Waals surface area (Å²) in [5.41, 5.74) is 3.33. The van der Waals surface area contributed by atoms with E-state index in [0.29, 0.717) is 24.5 Å². The SMILES string of the molecule is COc1cc(CCCC2SC(=O)NC2=O)ccc1OCc1csc(CCc2ccccc2)n1. The molecule has 1 fully saturated rings. The van der Waals surface area contributed by atoms with Crippen LogP contribution in [0.25, 0.3) is 0 Å². The quantitative estimate of drug-likeness (QED) is 0.405.